The number of anilines is 4. The SMILES string of the molecule is CC(C)[Si](C#Cc1c2c(c(C#C[Si](C(C)C)(C(C)C)C(C)C)c3ccccc13)Nc1c(c3nc4c(C#C[Si](C(C)C)(C(C)C)C(C)C)c5ccccc5c(C#C[Si](C(C)C)(C(C)C)C(C)C)c4nc3c3nc4c(C#C[Si](C(C)C)(C(C)C)C(C)C)c5ccccc5c(C#C[Si](C(C)C)(C(C)C)C(C)C)c4nc13)N2)(C(C)C)C(C)C. The van der Waals surface area contributed by atoms with Gasteiger partial charge in [0.25, 0.3) is 0 Å². The fourth-order valence-electron chi connectivity index (χ4n) is 23.4. The summed E-state index contributed by atoms with van der Waals surface area (Å²) >= 11 is 0. The van der Waals surface area contributed by atoms with Crippen LogP contribution in [0, 0.1) is 68.8 Å². The molecule has 0 radical (unpaired) electrons. The summed E-state index contributed by atoms with van der Waals surface area (Å²) in [5, 5.41) is 15.0. The zero-order valence-corrected chi connectivity index (χ0v) is 83.1. The maximum atomic E-state index is 6.34. The second-order valence-electron chi connectivity index (χ2n) is 39.8. The second-order valence-corrected chi connectivity index (χ2v) is 73.2. The van der Waals surface area contributed by atoms with Crippen molar-refractivity contribution in [2.24, 2.45) is 0 Å². The fourth-order valence-corrected chi connectivity index (χ4v) is 54.6. The summed E-state index contributed by atoms with van der Waals surface area (Å²) in [4.78, 5) is 25.3. The Bertz CT molecular complexity index is 5140. The molecule has 0 atom stereocenters. The van der Waals surface area contributed by atoms with Crippen molar-refractivity contribution in [1.82, 2.24) is 19.9 Å². The predicted molar refractivity (Wildman–Crippen MR) is 521 cm³/mol. The largest absolute Gasteiger partial charge is 0.349 e. The van der Waals surface area contributed by atoms with Gasteiger partial charge in [-0.25, -0.2) is 19.9 Å². The van der Waals surface area contributed by atoms with Gasteiger partial charge in [-0.05, 0) is 99.7 Å². The molecule has 0 saturated heterocycles. The third kappa shape index (κ3) is 14.6. The van der Waals surface area contributed by atoms with Crippen LogP contribution in [0.1, 0.15) is 283 Å². The summed E-state index contributed by atoms with van der Waals surface area (Å²) in [6, 6.07) is 26.7. The van der Waals surface area contributed by atoms with Gasteiger partial charge >= 0.3 is 0 Å². The molecule has 0 unspecified atom stereocenters. The molecule has 9 aromatic rings. The lowest BCUT2D eigenvalue weighted by Crippen LogP contribution is -2.43. The van der Waals surface area contributed by atoms with Gasteiger partial charge in [-0.3, -0.25) is 0 Å². The molecule has 114 heavy (non-hydrogen) atoms. The van der Waals surface area contributed by atoms with E-state index in [0.29, 0.717) is 122 Å². The van der Waals surface area contributed by atoms with Crippen LogP contribution in [-0.2, 0) is 0 Å². The molecule has 0 aliphatic carbocycles. The summed E-state index contributed by atoms with van der Waals surface area (Å²) in [6.07, 6.45) is 0. The lowest BCUT2D eigenvalue weighted by atomic mass is 9.93. The Hall–Kier alpha value is -7.22. The van der Waals surface area contributed by atoms with Crippen molar-refractivity contribution in [1.29, 1.82) is 0 Å². The van der Waals surface area contributed by atoms with Crippen LogP contribution >= 0.6 is 0 Å². The van der Waals surface area contributed by atoms with Gasteiger partial charge in [-0.15, -0.1) is 33.3 Å². The Morgan fingerprint density at radius 1 is 0.184 bits per heavy atom. The Balaban J connectivity index is 1.60. The molecular weight excluding hydrogens is 1480 g/mol. The van der Waals surface area contributed by atoms with Gasteiger partial charge in [0.15, 0.2) is 0 Å². The monoisotopic (exact) mass is 1620 g/mol. The molecule has 7 aromatic carbocycles. The van der Waals surface area contributed by atoms with Gasteiger partial charge in [-0.1, -0.05) is 358 Å². The number of aromatic nitrogens is 4. The van der Waals surface area contributed by atoms with Gasteiger partial charge in [0.1, 0.15) is 92.6 Å². The van der Waals surface area contributed by atoms with E-state index < -0.39 is 48.4 Å². The number of rotatable bonds is 18. The van der Waals surface area contributed by atoms with Crippen LogP contribution in [-0.4, -0.2) is 68.4 Å². The number of hydrogen-bond donors (Lipinski definition) is 2. The molecule has 0 bridgehead atoms. The molecule has 2 N–H and O–H groups in total. The fraction of sp³-hybridized carbons (Fsp3) is 0.529. The third-order valence-electron chi connectivity index (χ3n) is 29.0. The van der Waals surface area contributed by atoms with Gasteiger partial charge in [0, 0.05) is 32.3 Å². The lowest BCUT2D eigenvalue weighted by Gasteiger charge is -2.38. The smallest absolute Gasteiger partial charge is 0.146 e. The minimum absolute atomic E-state index is 0.391. The van der Waals surface area contributed by atoms with Crippen molar-refractivity contribution in [2.75, 3.05) is 10.6 Å². The highest BCUT2D eigenvalue weighted by Gasteiger charge is 2.48. The van der Waals surface area contributed by atoms with Crippen LogP contribution in [0.5, 0.6) is 0 Å². The Morgan fingerprint density at radius 3 is 0.482 bits per heavy atom. The summed E-state index contributed by atoms with van der Waals surface area (Å²) in [5.41, 5.74) is 46.8. The first kappa shape index (κ1) is 89.1. The van der Waals surface area contributed by atoms with E-state index in [0.717, 1.165) is 111 Å². The lowest BCUT2D eigenvalue weighted by molar-refractivity contribution is 0.838. The van der Waals surface area contributed by atoms with Gasteiger partial charge in [-0.2, -0.15) is 0 Å². The van der Waals surface area contributed by atoms with Crippen molar-refractivity contribution in [3.63, 3.8) is 0 Å². The van der Waals surface area contributed by atoms with Crippen LogP contribution in [0.4, 0.5) is 22.7 Å². The van der Waals surface area contributed by atoms with Gasteiger partial charge < -0.3 is 10.6 Å². The highest BCUT2D eigenvalue weighted by Crippen LogP contribution is 2.54. The van der Waals surface area contributed by atoms with E-state index in [4.69, 9.17) is 19.9 Å². The Morgan fingerprint density at radius 2 is 0.325 bits per heavy atom. The maximum absolute atomic E-state index is 6.34. The molecule has 602 valence electrons. The predicted octanol–water partition coefficient (Wildman–Crippen LogP) is 30.6. The number of nitrogens with zero attached hydrogens (tertiary/aromatic N) is 4. The number of fused-ring (bicyclic) bond motifs is 12. The van der Waals surface area contributed by atoms with Crippen molar-refractivity contribution in [3.05, 3.63) is 106 Å². The first-order valence-corrected chi connectivity index (χ1v) is 57.4. The Kier molecular flexibility index (Phi) is 26.6. The molecule has 1 aliphatic rings. The van der Waals surface area contributed by atoms with E-state index in [-0.39, 0.29) is 0 Å². The second kappa shape index (κ2) is 34.0. The van der Waals surface area contributed by atoms with Crippen molar-refractivity contribution in [3.8, 4) is 68.8 Å². The molecule has 2 aromatic heterocycles. The molecule has 0 saturated carbocycles. The molecule has 0 amide bonds. The van der Waals surface area contributed by atoms with Gasteiger partial charge in [0.05, 0.1) is 56.1 Å². The van der Waals surface area contributed by atoms with Crippen LogP contribution in [0.25, 0.3) is 76.5 Å². The normalized spacial score (nSPS) is 13.4. The first-order valence-electron chi connectivity index (χ1n) is 44.0. The van der Waals surface area contributed by atoms with E-state index in [1.807, 2.05) is 0 Å². The highest BCUT2D eigenvalue weighted by atomic mass is 28.3. The van der Waals surface area contributed by atoms with Crippen molar-refractivity contribution >= 4 is 148 Å². The molecule has 1 aliphatic heterocycles. The summed E-state index contributed by atoms with van der Waals surface area (Å²) in [7, 11) is -14.3. The van der Waals surface area contributed by atoms with Crippen LogP contribution in [0.15, 0.2) is 72.8 Å². The minimum atomic E-state index is -2.38. The van der Waals surface area contributed by atoms with Crippen LogP contribution < -0.4 is 10.6 Å². The molecule has 3 heterocycles. The van der Waals surface area contributed by atoms with E-state index in [9.17, 15) is 0 Å². The third-order valence-corrected chi connectivity index (χ3v) is 66.7. The Labute approximate surface area is 697 Å². The number of nitrogens with one attached hydrogen (secondary N) is 2. The van der Waals surface area contributed by atoms with E-state index >= 15 is 0 Å². The molecule has 12 heteroatoms. The maximum Gasteiger partial charge on any atom is 0.146 e. The zero-order valence-electron chi connectivity index (χ0n) is 77.1. The molecule has 10 rings (SSSR count). The first-order chi connectivity index (χ1) is 53.4. The summed E-state index contributed by atoms with van der Waals surface area (Å²) in [5.74, 6) is 24.8. The molecular formula is C102H140N6Si6. The standard InChI is InChI=1S/C102H140N6Si6/c1-61(2)109(62(3)4,63(5)6)55-49-85-79-43-37-38-44-80(79)86(50-56-110(64(7)8,65(9)10)66(11)12)92-91(85)103-97-98(104-92)100-102(108-96-90(54-60-114(76(31)32,77(33)34)78(35)36)84-48-42-41-47-83(84)89(95(96)106-100)53-59-113(73(25)26,74(27)28)75(29)30)101-99(97)105-93-87(51-57-111(67(13)14,68(15)16)69(17)18)81-45-39-40-46-82(81)88(94(93)107-101)52-58-112(70(19)20,71(21)22)72(23)24/h37-48,61-78,103-104H,1-36H3. The number of benzene rings is 7. The van der Waals surface area contributed by atoms with Crippen LogP contribution in [0.3, 0.4) is 0 Å². The average Bonchev–Trinajstić information content (AvgIpc) is 0.696. The molecule has 0 spiro atoms. The molecule has 0 fully saturated rings. The van der Waals surface area contributed by atoms with E-state index in [1.54, 1.807) is 0 Å². The highest BCUT2D eigenvalue weighted by molar-refractivity contribution is 6.93. The average molecular weight is 1620 g/mol. The van der Waals surface area contributed by atoms with Gasteiger partial charge in [0.2, 0.25) is 0 Å². The van der Waals surface area contributed by atoms with Crippen LogP contribution in [0.2, 0.25) is 99.7 Å². The van der Waals surface area contributed by atoms with E-state index in [1.165, 1.54) is 0 Å². The van der Waals surface area contributed by atoms with Crippen molar-refractivity contribution < 1.29 is 0 Å². The number of hydrogen-bond acceptors (Lipinski definition) is 6. The van der Waals surface area contributed by atoms with E-state index in [2.05, 4.69) is 401 Å². The van der Waals surface area contributed by atoms with Crippen molar-refractivity contribution in [2.45, 2.75) is 349 Å². The summed E-state index contributed by atoms with van der Waals surface area (Å²) in [6.45, 7) is 86.8. The summed E-state index contributed by atoms with van der Waals surface area (Å²) < 4.78 is 0. The molecule has 6 nitrogen and oxygen atoms in total. The quantitative estimate of drug-likeness (QED) is 0.0386. The zero-order chi connectivity index (χ0) is 84.5. The topological polar surface area (TPSA) is 75.6 Å². The minimum Gasteiger partial charge on any atom is -0.349 e.